The van der Waals surface area contributed by atoms with Crippen molar-refractivity contribution in [3.05, 3.63) is 102 Å². The summed E-state index contributed by atoms with van der Waals surface area (Å²) in [6.07, 6.45) is 5.16. The van der Waals surface area contributed by atoms with Crippen molar-refractivity contribution in [2.24, 2.45) is 0 Å². The molecule has 3 aromatic rings. The minimum absolute atomic E-state index is 0.0260. The van der Waals surface area contributed by atoms with Gasteiger partial charge in [-0.3, -0.25) is 9.59 Å². The molecule has 0 saturated heterocycles. The quantitative estimate of drug-likeness (QED) is 0.348. The highest BCUT2D eigenvalue weighted by molar-refractivity contribution is 5.88. The van der Waals surface area contributed by atoms with Gasteiger partial charge in [0.15, 0.2) is 0 Å². The molecule has 3 aromatic carbocycles. The van der Waals surface area contributed by atoms with E-state index >= 15 is 0 Å². The average molecular weight is 499 g/mol. The molecule has 37 heavy (non-hydrogen) atoms. The Morgan fingerprint density at radius 2 is 1.46 bits per heavy atom. The van der Waals surface area contributed by atoms with E-state index in [-0.39, 0.29) is 30.2 Å². The summed E-state index contributed by atoms with van der Waals surface area (Å²) in [5, 5.41) is 3.23. The summed E-state index contributed by atoms with van der Waals surface area (Å²) in [5.41, 5.74) is 3.15. The van der Waals surface area contributed by atoms with Crippen molar-refractivity contribution in [2.45, 2.75) is 70.0 Å². The zero-order valence-corrected chi connectivity index (χ0v) is 21.9. The Balaban J connectivity index is 1.62. The number of carbonyl (C=O) groups excluding carboxylic acids is 2. The first-order chi connectivity index (χ1) is 18.1. The molecule has 4 rings (SSSR count). The molecule has 0 spiro atoms. The maximum absolute atomic E-state index is 14.1. The molecular formula is C32H38N2O3. The van der Waals surface area contributed by atoms with Gasteiger partial charge < -0.3 is 15.0 Å². The Morgan fingerprint density at radius 3 is 1.97 bits per heavy atom. The molecule has 0 aliphatic heterocycles. The minimum atomic E-state index is -0.526. The zero-order valence-electron chi connectivity index (χ0n) is 21.9. The summed E-state index contributed by atoms with van der Waals surface area (Å²) < 4.78 is 5.31. The summed E-state index contributed by atoms with van der Waals surface area (Å²) in [6, 6.07) is 27.7. The molecule has 1 aliphatic rings. The Hall–Kier alpha value is -3.60. The fraction of sp³-hybridized carbons (Fsp3) is 0.375. The molecule has 1 aliphatic carbocycles. The first kappa shape index (κ1) is 26.5. The van der Waals surface area contributed by atoms with Gasteiger partial charge in [0.25, 0.3) is 0 Å². The highest BCUT2D eigenvalue weighted by Crippen LogP contribution is 2.30. The van der Waals surface area contributed by atoms with Crippen LogP contribution in [0.25, 0.3) is 0 Å². The number of amides is 2. The molecule has 1 saturated carbocycles. The lowest BCUT2D eigenvalue weighted by Crippen LogP contribution is -2.51. The van der Waals surface area contributed by atoms with Gasteiger partial charge in [-0.05, 0) is 48.1 Å². The van der Waals surface area contributed by atoms with E-state index in [1.165, 1.54) is 0 Å². The predicted molar refractivity (Wildman–Crippen MR) is 147 cm³/mol. The number of hydrogen-bond acceptors (Lipinski definition) is 3. The van der Waals surface area contributed by atoms with Crippen LogP contribution in [0, 0.1) is 0 Å². The fourth-order valence-electron chi connectivity index (χ4n) is 5.31. The molecular weight excluding hydrogens is 460 g/mol. The number of nitrogens with one attached hydrogen (secondary N) is 1. The zero-order chi connectivity index (χ0) is 26.0. The Bertz CT molecular complexity index is 1090. The van der Waals surface area contributed by atoms with Crippen LogP contribution in [-0.4, -0.2) is 35.9 Å². The van der Waals surface area contributed by atoms with Gasteiger partial charge in [0.2, 0.25) is 11.8 Å². The van der Waals surface area contributed by atoms with Gasteiger partial charge >= 0.3 is 0 Å². The fourth-order valence-corrected chi connectivity index (χ4v) is 5.31. The summed E-state index contributed by atoms with van der Waals surface area (Å²) in [7, 11) is 1.64. The van der Waals surface area contributed by atoms with Gasteiger partial charge in [-0.15, -0.1) is 0 Å². The van der Waals surface area contributed by atoms with Crippen LogP contribution in [0.5, 0.6) is 5.75 Å². The van der Waals surface area contributed by atoms with Crippen LogP contribution in [0.2, 0.25) is 0 Å². The van der Waals surface area contributed by atoms with E-state index in [2.05, 4.69) is 29.6 Å². The van der Waals surface area contributed by atoms with E-state index in [9.17, 15) is 9.59 Å². The number of methoxy groups -OCH3 is 1. The van der Waals surface area contributed by atoms with E-state index in [1.807, 2.05) is 67.6 Å². The number of carbonyl (C=O) groups is 2. The molecule has 0 radical (unpaired) electrons. The van der Waals surface area contributed by atoms with Crippen molar-refractivity contribution in [1.82, 2.24) is 10.2 Å². The second-order valence-electron chi connectivity index (χ2n) is 9.86. The first-order valence-corrected chi connectivity index (χ1v) is 13.4. The smallest absolute Gasteiger partial charge is 0.243 e. The molecule has 0 bridgehead atoms. The predicted octanol–water partition coefficient (Wildman–Crippen LogP) is 6.08. The maximum atomic E-state index is 14.1. The van der Waals surface area contributed by atoms with Crippen LogP contribution in [0.4, 0.5) is 0 Å². The maximum Gasteiger partial charge on any atom is 0.243 e. The summed E-state index contributed by atoms with van der Waals surface area (Å²) in [4.78, 5) is 29.3. The monoisotopic (exact) mass is 498 g/mol. The molecule has 2 amide bonds. The van der Waals surface area contributed by atoms with Gasteiger partial charge in [0.1, 0.15) is 11.8 Å². The molecule has 5 heteroatoms. The van der Waals surface area contributed by atoms with Crippen molar-refractivity contribution in [1.29, 1.82) is 0 Å². The van der Waals surface area contributed by atoms with Crippen molar-refractivity contribution in [2.75, 3.05) is 7.11 Å². The standard InChI is InChI=1S/C32H38N2O3/c1-3-30(32(36)33-27-16-10-11-17-27)34(23-24-18-20-28(37-2)21-19-24)31(35)22-29(25-12-6-4-7-13-25)26-14-8-5-9-15-26/h4-9,12-15,18-21,27,29-30H,3,10-11,16-17,22-23H2,1-2H3,(H,33,36)/t30-/m1/s1. The molecule has 5 nitrogen and oxygen atoms in total. The SMILES string of the molecule is CC[C@H](C(=O)NC1CCCC1)N(Cc1ccc(OC)cc1)C(=O)CC(c1ccccc1)c1ccccc1. The summed E-state index contributed by atoms with van der Waals surface area (Å²) in [6.45, 7) is 2.36. The number of benzene rings is 3. The number of ether oxygens (including phenoxy) is 1. The lowest BCUT2D eigenvalue weighted by atomic mass is 9.88. The third-order valence-corrected chi connectivity index (χ3v) is 7.38. The van der Waals surface area contributed by atoms with Crippen LogP contribution in [0.1, 0.15) is 68.1 Å². The molecule has 194 valence electrons. The van der Waals surface area contributed by atoms with Crippen LogP contribution >= 0.6 is 0 Å². The lowest BCUT2D eigenvalue weighted by Gasteiger charge is -2.33. The summed E-state index contributed by atoms with van der Waals surface area (Å²) in [5.74, 6) is 0.596. The topological polar surface area (TPSA) is 58.6 Å². The van der Waals surface area contributed by atoms with Crippen LogP contribution in [0.15, 0.2) is 84.9 Å². The number of rotatable bonds is 11. The summed E-state index contributed by atoms with van der Waals surface area (Å²) >= 11 is 0. The molecule has 0 unspecified atom stereocenters. The number of hydrogen-bond donors (Lipinski definition) is 1. The molecule has 1 atom stereocenters. The van der Waals surface area contributed by atoms with E-state index in [0.717, 1.165) is 48.1 Å². The van der Waals surface area contributed by atoms with E-state index < -0.39 is 6.04 Å². The van der Waals surface area contributed by atoms with Gasteiger partial charge in [-0.1, -0.05) is 92.6 Å². The van der Waals surface area contributed by atoms with Crippen molar-refractivity contribution in [3.63, 3.8) is 0 Å². The first-order valence-electron chi connectivity index (χ1n) is 13.4. The van der Waals surface area contributed by atoms with E-state index in [0.29, 0.717) is 13.0 Å². The number of nitrogens with zero attached hydrogens (tertiary/aromatic N) is 1. The van der Waals surface area contributed by atoms with Crippen LogP contribution < -0.4 is 10.1 Å². The Morgan fingerprint density at radius 1 is 0.892 bits per heavy atom. The molecule has 1 N–H and O–H groups in total. The third-order valence-electron chi connectivity index (χ3n) is 7.38. The van der Waals surface area contributed by atoms with Crippen molar-refractivity contribution in [3.8, 4) is 5.75 Å². The van der Waals surface area contributed by atoms with Gasteiger partial charge in [-0.25, -0.2) is 0 Å². The highest BCUT2D eigenvalue weighted by atomic mass is 16.5. The van der Waals surface area contributed by atoms with E-state index in [1.54, 1.807) is 12.0 Å². The normalized spacial score (nSPS) is 14.4. The second-order valence-corrected chi connectivity index (χ2v) is 9.86. The Kier molecular flexibility index (Phi) is 9.36. The molecule has 1 fully saturated rings. The van der Waals surface area contributed by atoms with E-state index in [4.69, 9.17) is 4.74 Å². The average Bonchev–Trinajstić information content (AvgIpc) is 3.46. The van der Waals surface area contributed by atoms with Crippen molar-refractivity contribution < 1.29 is 14.3 Å². The largest absolute Gasteiger partial charge is 0.497 e. The van der Waals surface area contributed by atoms with Crippen molar-refractivity contribution >= 4 is 11.8 Å². The van der Waals surface area contributed by atoms with Gasteiger partial charge in [-0.2, -0.15) is 0 Å². The van der Waals surface area contributed by atoms with Crippen LogP contribution in [0.3, 0.4) is 0 Å². The molecule has 0 aromatic heterocycles. The third kappa shape index (κ3) is 7.00. The van der Waals surface area contributed by atoms with Crippen LogP contribution in [-0.2, 0) is 16.1 Å². The highest BCUT2D eigenvalue weighted by Gasteiger charge is 2.32. The lowest BCUT2D eigenvalue weighted by molar-refractivity contribution is -0.141. The van der Waals surface area contributed by atoms with Gasteiger partial charge in [0, 0.05) is 24.9 Å². The Labute approximate surface area is 220 Å². The molecule has 0 heterocycles. The van der Waals surface area contributed by atoms with Gasteiger partial charge in [0.05, 0.1) is 7.11 Å². The minimum Gasteiger partial charge on any atom is -0.497 e. The second kappa shape index (κ2) is 13.1.